The van der Waals surface area contributed by atoms with Gasteiger partial charge in [-0.2, -0.15) is 0 Å². The molecule has 43 heavy (non-hydrogen) atoms. The van der Waals surface area contributed by atoms with Gasteiger partial charge in [0.15, 0.2) is 5.60 Å². The summed E-state index contributed by atoms with van der Waals surface area (Å²) < 4.78 is 13.2. The summed E-state index contributed by atoms with van der Waals surface area (Å²) in [5.41, 5.74) is 7.39. The van der Waals surface area contributed by atoms with Crippen LogP contribution in [0.15, 0.2) is 78.9 Å². The Hall–Kier alpha value is -4.25. The Morgan fingerprint density at radius 2 is 1.44 bits per heavy atom. The van der Waals surface area contributed by atoms with E-state index >= 15 is 0 Å². The number of anilines is 3. The van der Waals surface area contributed by atoms with Gasteiger partial charge in [0.1, 0.15) is 11.5 Å². The van der Waals surface area contributed by atoms with E-state index in [1.807, 2.05) is 24.3 Å². The second-order valence-corrected chi connectivity index (χ2v) is 12.0. The number of rotatable bonds is 11. The summed E-state index contributed by atoms with van der Waals surface area (Å²) in [4.78, 5) is 15.9. The first-order chi connectivity index (χ1) is 20.9. The van der Waals surface area contributed by atoms with Crippen LogP contribution in [-0.2, 0) is 10.3 Å². The zero-order valence-electron chi connectivity index (χ0n) is 25.8. The predicted octanol–water partition coefficient (Wildman–Crippen LogP) is 9.80. The Labute approximate surface area is 255 Å². The van der Waals surface area contributed by atoms with Crippen molar-refractivity contribution in [3.8, 4) is 11.5 Å². The molecule has 5 heteroatoms. The summed E-state index contributed by atoms with van der Waals surface area (Å²) >= 11 is 0. The van der Waals surface area contributed by atoms with Crippen LogP contribution in [0.25, 0.3) is 0 Å². The van der Waals surface area contributed by atoms with Crippen molar-refractivity contribution in [2.45, 2.75) is 71.8 Å². The van der Waals surface area contributed by atoms with Crippen LogP contribution in [-0.4, -0.2) is 19.1 Å². The topological polar surface area (TPSA) is 50.8 Å². The maximum Gasteiger partial charge on any atom is 0.340 e. The number of hydrogen-bond donors (Lipinski definition) is 1. The standard InChI is InChI=1S/C38H42N2O3/c1-5-7-11-21-40(22-12-8-6-2)29-19-20-32-36(24-29)42-35-23-27(4)34(39-28-17-15-26(3)16-18-28)25-33(35)38(32)31-14-10-9-13-30(31)37(41)43-38/h9-10,13-20,23-25,39H,5-8,11-12,21-22H2,1-4H3. The van der Waals surface area contributed by atoms with Gasteiger partial charge in [-0.25, -0.2) is 4.79 Å². The highest BCUT2D eigenvalue weighted by Crippen LogP contribution is 2.57. The predicted molar refractivity (Wildman–Crippen MR) is 175 cm³/mol. The Bertz CT molecular complexity index is 1620. The minimum Gasteiger partial charge on any atom is -0.456 e. The summed E-state index contributed by atoms with van der Waals surface area (Å²) in [6.07, 6.45) is 7.14. The van der Waals surface area contributed by atoms with E-state index in [0.29, 0.717) is 11.3 Å². The smallest absolute Gasteiger partial charge is 0.340 e. The number of nitrogens with one attached hydrogen (secondary N) is 1. The van der Waals surface area contributed by atoms with E-state index in [-0.39, 0.29) is 5.97 Å². The van der Waals surface area contributed by atoms with Crippen LogP contribution in [0.5, 0.6) is 11.5 Å². The van der Waals surface area contributed by atoms with Crippen LogP contribution in [0.2, 0.25) is 0 Å². The van der Waals surface area contributed by atoms with Gasteiger partial charge in [-0.3, -0.25) is 0 Å². The highest BCUT2D eigenvalue weighted by Gasteiger charge is 2.53. The Morgan fingerprint density at radius 3 is 2.16 bits per heavy atom. The maximum atomic E-state index is 13.4. The van der Waals surface area contributed by atoms with Crippen molar-refractivity contribution < 1.29 is 14.3 Å². The average molecular weight is 575 g/mol. The van der Waals surface area contributed by atoms with Crippen molar-refractivity contribution in [1.29, 1.82) is 0 Å². The minimum absolute atomic E-state index is 0.312. The monoisotopic (exact) mass is 574 g/mol. The molecule has 4 aromatic carbocycles. The van der Waals surface area contributed by atoms with Crippen LogP contribution in [0, 0.1) is 13.8 Å². The van der Waals surface area contributed by atoms with Crippen molar-refractivity contribution in [2.24, 2.45) is 0 Å². The number of benzene rings is 4. The van der Waals surface area contributed by atoms with Crippen LogP contribution < -0.4 is 15.0 Å². The third-order valence-electron chi connectivity index (χ3n) is 8.80. The number of aryl methyl sites for hydroxylation is 2. The average Bonchev–Trinajstić information content (AvgIpc) is 3.31. The van der Waals surface area contributed by atoms with Crippen molar-refractivity contribution >= 4 is 23.0 Å². The SMILES string of the molecule is CCCCCN(CCCCC)c1ccc2c(c1)Oc1cc(C)c(Nc3ccc(C)cc3)cc1C21OC(=O)c2ccccc21. The largest absolute Gasteiger partial charge is 0.456 e. The molecule has 1 unspecified atom stereocenters. The zero-order chi connectivity index (χ0) is 30.0. The first-order valence-electron chi connectivity index (χ1n) is 15.8. The summed E-state index contributed by atoms with van der Waals surface area (Å²) in [5.74, 6) is 1.14. The molecule has 0 amide bonds. The van der Waals surface area contributed by atoms with Crippen LogP contribution in [0.3, 0.4) is 0 Å². The number of carbonyl (C=O) groups is 1. The van der Waals surface area contributed by atoms with Crippen molar-refractivity contribution in [3.63, 3.8) is 0 Å². The second kappa shape index (κ2) is 12.2. The molecule has 6 rings (SSSR count). The molecule has 0 fully saturated rings. The highest BCUT2D eigenvalue weighted by atomic mass is 16.6. The number of esters is 1. The van der Waals surface area contributed by atoms with Gasteiger partial charge < -0.3 is 19.7 Å². The maximum absolute atomic E-state index is 13.4. The summed E-state index contributed by atoms with van der Waals surface area (Å²) in [7, 11) is 0. The van der Waals surface area contributed by atoms with Gasteiger partial charge in [0.05, 0.1) is 5.56 Å². The Morgan fingerprint density at radius 1 is 0.744 bits per heavy atom. The van der Waals surface area contributed by atoms with Gasteiger partial charge in [-0.15, -0.1) is 0 Å². The van der Waals surface area contributed by atoms with Gasteiger partial charge in [-0.05, 0) is 74.7 Å². The van der Waals surface area contributed by atoms with E-state index in [1.54, 1.807) is 0 Å². The highest BCUT2D eigenvalue weighted by molar-refractivity contribution is 5.97. The number of carbonyl (C=O) groups excluding carboxylic acids is 1. The number of ether oxygens (including phenoxy) is 2. The molecule has 2 aliphatic rings. The normalized spacial score (nSPS) is 16.2. The molecule has 1 atom stereocenters. The van der Waals surface area contributed by atoms with Gasteiger partial charge in [-0.1, -0.05) is 75.4 Å². The van der Waals surface area contributed by atoms with Gasteiger partial charge >= 0.3 is 5.97 Å². The summed E-state index contributed by atoms with van der Waals surface area (Å²) in [6.45, 7) is 10.7. The van der Waals surface area contributed by atoms with E-state index < -0.39 is 5.60 Å². The molecule has 0 bridgehead atoms. The molecule has 5 nitrogen and oxygen atoms in total. The number of unbranched alkanes of at least 4 members (excludes halogenated alkanes) is 4. The molecule has 0 saturated heterocycles. The molecule has 0 radical (unpaired) electrons. The molecule has 1 N–H and O–H groups in total. The Balaban J connectivity index is 1.47. The molecule has 0 aliphatic carbocycles. The second-order valence-electron chi connectivity index (χ2n) is 12.0. The lowest BCUT2D eigenvalue weighted by molar-refractivity contribution is 0.0224. The van der Waals surface area contributed by atoms with E-state index in [9.17, 15) is 4.79 Å². The molecule has 222 valence electrons. The fourth-order valence-corrected chi connectivity index (χ4v) is 6.41. The molecule has 0 saturated carbocycles. The van der Waals surface area contributed by atoms with Crippen molar-refractivity contribution in [2.75, 3.05) is 23.3 Å². The number of hydrogen-bond acceptors (Lipinski definition) is 5. The number of fused-ring (bicyclic) bond motifs is 6. The lowest BCUT2D eigenvalue weighted by Crippen LogP contribution is -2.33. The zero-order valence-corrected chi connectivity index (χ0v) is 25.8. The van der Waals surface area contributed by atoms with E-state index in [4.69, 9.17) is 9.47 Å². The lowest BCUT2D eigenvalue weighted by Gasteiger charge is -2.38. The fraction of sp³-hybridized carbons (Fsp3) is 0.342. The van der Waals surface area contributed by atoms with Gasteiger partial charge in [0, 0.05) is 52.9 Å². The van der Waals surface area contributed by atoms with E-state index in [0.717, 1.165) is 71.0 Å². The molecule has 2 heterocycles. The van der Waals surface area contributed by atoms with E-state index in [1.165, 1.54) is 31.2 Å². The van der Waals surface area contributed by atoms with Crippen LogP contribution in [0.4, 0.5) is 17.1 Å². The van der Waals surface area contributed by atoms with Crippen molar-refractivity contribution in [1.82, 2.24) is 0 Å². The summed E-state index contributed by atoms with van der Waals surface area (Å²) in [6, 6.07) is 26.7. The van der Waals surface area contributed by atoms with Gasteiger partial charge in [0.2, 0.25) is 0 Å². The van der Waals surface area contributed by atoms with Crippen molar-refractivity contribution in [3.05, 3.63) is 112 Å². The quantitative estimate of drug-likeness (QED) is 0.143. The first kappa shape index (κ1) is 28.9. The van der Waals surface area contributed by atoms with Crippen LogP contribution in [0.1, 0.15) is 90.5 Å². The van der Waals surface area contributed by atoms with Crippen LogP contribution >= 0.6 is 0 Å². The number of nitrogens with zero attached hydrogens (tertiary/aromatic N) is 1. The molecule has 4 aromatic rings. The minimum atomic E-state index is -1.10. The van der Waals surface area contributed by atoms with Gasteiger partial charge in [0.25, 0.3) is 0 Å². The molecule has 2 aliphatic heterocycles. The Kier molecular flexibility index (Phi) is 8.16. The molecule has 0 aromatic heterocycles. The fourth-order valence-electron chi connectivity index (χ4n) is 6.41. The molecule has 1 spiro atoms. The lowest BCUT2D eigenvalue weighted by atomic mass is 9.77. The van der Waals surface area contributed by atoms with E-state index in [2.05, 4.69) is 92.5 Å². The summed E-state index contributed by atoms with van der Waals surface area (Å²) in [5, 5.41) is 3.59. The third kappa shape index (κ3) is 5.37. The third-order valence-corrected chi connectivity index (χ3v) is 8.80. The molecular formula is C38H42N2O3. The molecular weight excluding hydrogens is 532 g/mol. The first-order valence-corrected chi connectivity index (χ1v) is 15.8.